The molecule has 0 atom stereocenters. The minimum absolute atomic E-state index is 0.0175. The maximum atomic E-state index is 12.8. The Balaban J connectivity index is 1.19. The zero-order chi connectivity index (χ0) is 19.8. The molecule has 2 aliphatic heterocycles. The van der Waals surface area contributed by atoms with E-state index in [2.05, 4.69) is 15.3 Å². The van der Waals surface area contributed by atoms with E-state index in [1.165, 1.54) is 0 Å². The Hall–Kier alpha value is -3.55. The fraction of sp³-hybridized carbons (Fsp3) is 0.286. The van der Waals surface area contributed by atoms with Crippen molar-refractivity contribution < 1.29 is 19.1 Å². The zero-order valence-corrected chi connectivity index (χ0v) is 15.7. The largest absolute Gasteiger partial charge is 0.454 e. The Labute approximate surface area is 166 Å². The van der Waals surface area contributed by atoms with Crippen molar-refractivity contribution in [2.45, 2.75) is 12.8 Å². The summed E-state index contributed by atoms with van der Waals surface area (Å²) in [5.41, 5.74) is 2.99. The van der Waals surface area contributed by atoms with Crippen LogP contribution in [0.2, 0.25) is 0 Å². The molecule has 2 N–H and O–H groups in total. The van der Waals surface area contributed by atoms with E-state index < -0.39 is 0 Å². The van der Waals surface area contributed by atoms with E-state index in [0.29, 0.717) is 48.7 Å². The maximum Gasteiger partial charge on any atom is 0.253 e. The number of aromatic nitrogens is 2. The molecule has 0 spiro atoms. The standard InChI is InChI=1S/C21H20N4O4/c26-20(24-15-2-4-18-19(10-15)29-12-28-18)13-5-7-25(8-6-13)21(27)14-1-3-16-17(9-14)23-11-22-16/h1-4,9-11,13H,5-8,12H2,(H,22,23)(H,24,26). The molecule has 2 aromatic carbocycles. The highest BCUT2D eigenvalue weighted by Gasteiger charge is 2.28. The molecule has 29 heavy (non-hydrogen) atoms. The number of likely N-dealkylation sites (tertiary alicyclic amines) is 1. The molecule has 148 valence electrons. The average Bonchev–Trinajstić information content (AvgIpc) is 3.41. The molecule has 0 radical (unpaired) electrons. The Morgan fingerprint density at radius 2 is 1.90 bits per heavy atom. The van der Waals surface area contributed by atoms with Crippen LogP contribution in [0, 0.1) is 5.92 Å². The van der Waals surface area contributed by atoms with Gasteiger partial charge in [-0.25, -0.2) is 4.98 Å². The quantitative estimate of drug-likeness (QED) is 0.715. The molecule has 2 aliphatic rings. The molecular weight excluding hydrogens is 372 g/mol. The maximum absolute atomic E-state index is 12.8. The minimum Gasteiger partial charge on any atom is -0.454 e. The molecule has 0 saturated carbocycles. The number of nitrogens with one attached hydrogen (secondary N) is 2. The molecule has 1 aromatic heterocycles. The number of nitrogens with zero attached hydrogens (tertiary/aromatic N) is 2. The number of amides is 2. The second-order valence-corrected chi connectivity index (χ2v) is 7.26. The lowest BCUT2D eigenvalue weighted by Gasteiger charge is -2.31. The Bertz CT molecular complexity index is 1090. The van der Waals surface area contributed by atoms with Crippen LogP contribution in [0.4, 0.5) is 5.69 Å². The van der Waals surface area contributed by atoms with Gasteiger partial charge in [0.1, 0.15) is 0 Å². The number of hydrogen-bond donors (Lipinski definition) is 2. The van der Waals surface area contributed by atoms with Crippen LogP contribution in [0.15, 0.2) is 42.7 Å². The highest BCUT2D eigenvalue weighted by Crippen LogP contribution is 2.34. The number of imidazole rings is 1. The first-order valence-corrected chi connectivity index (χ1v) is 9.60. The van der Waals surface area contributed by atoms with Gasteiger partial charge in [-0.05, 0) is 43.2 Å². The van der Waals surface area contributed by atoms with Gasteiger partial charge in [0.25, 0.3) is 5.91 Å². The van der Waals surface area contributed by atoms with Gasteiger partial charge in [-0.3, -0.25) is 9.59 Å². The smallest absolute Gasteiger partial charge is 0.253 e. The number of aromatic amines is 1. The lowest BCUT2D eigenvalue weighted by Crippen LogP contribution is -2.41. The predicted octanol–water partition coefficient (Wildman–Crippen LogP) is 2.78. The number of ether oxygens (including phenoxy) is 2. The minimum atomic E-state index is -0.125. The van der Waals surface area contributed by atoms with E-state index in [1.54, 1.807) is 30.6 Å². The van der Waals surface area contributed by atoms with E-state index in [9.17, 15) is 9.59 Å². The molecular formula is C21H20N4O4. The van der Waals surface area contributed by atoms with Gasteiger partial charge in [-0.2, -0.15) is 0 Å². The van der Waals surface area contributed by atoms with Crippen molar-refractivity contribution in [1.82, 2.24) is 14.9 Å². The Kier molecular flexibility index (Phi) is 4.31. The van der Waals surface area contributed by atoms with Crippen LogP contribution in [-0.4, -0.2) is 46.6 Å². The van der Waals surface area contributed by atoms with E-state index in [4.69, 9.17) is 9.47 Å². The predicted molar refractivity (Wildman–Crippen MR) is 106 cm³/mol. The van der Waals surface area contributed by atoms with Crippen molar-refractivity contribution in [3.8, 4) is 11.5 Å². The van der Waals surface area contributed by atoms with Gasteiger partial charge < -0.3 is 24.7 Å². The fourth-order valence-corrected chi connectivity index (χ4v) is 3.81. The summed E-state index contributed by atoms with van der Waals surface area (Å²) in [4.78, 5) is 34.4. The normalized spacial score (nSPS) is 16.2. The van der Waals surface area contributed by atoms with Crippen LogP contribution in [0.1, 0.15) is 23.2 Å². The van der Waals surface area contributed by atoms with Gasteiger partial charge in [0.05, 0.1) is 17.4 Å². The average molecular weight is 392 g/mol. The summed E-state index contributed by atoms with van der Waals surface area (Å²) in [6.45, 7) is 1.31. The summed E-state index contributed by atoms with van der Waals surface area (Å²) in [5.74, 6) is 1.14. The van der Waals surface area contributed by atoms with Crippen LogP contribution in [-0.2, 0) is 4.79 Å². The van der Waals surface area contributed by atoms with Gasteiger partial charge >= 0.3 is 0 Å². The number of hydrogen-bond acceptors (Lipinski definition) is 5. The van der Waals surface area contributed by atoms with Crippen molar-refractivity contribution in [1.29, 1.82) is 0 Å². The van der Waals surface area contributed by atoms with Crippen molar-refractivity contribution in [2.75, 3.05) is 25.2 Å². The molecule has 3 heterocycles. The Morgan fingerprint density at radius 3 is 2.76 bits per heavy atom. The number of fused-ring (bicyclic) bond motifs is 2. The van der Waals surface area contributed by atoms with E-state index in [0.717, 1.165) is 11.0 Å². The SMILES string of the molecule is O=C(Nc1ccc2c(c1)OCO2)C1CCN(C(=O)c2ccc3nc[nH]c3c2)CC1. The first-order chi connectivity index (χ1) is 14.2. The van der Waals surface area contributed by atoms with Crippen LogP contribution >= 0.6 is 0 Å². The number of rotatable bonds is 3. The molecule has 8 heteroatoms. The third-order valence-electron chi connectivity index (χ3n) is 5.46. The van der Waals surface area contributed by atoms with Crippen molar-refractivity contribution in [2.24, 2.45) is 5.92 Å². The highest BCUT2D eigenvalue weighted by molar-refractivity contribution is 5.98. The lowest BCUT2D eigenvalue weighted by atomic mass is 9.95. The van der Waals surface area contributed by atoms with Gasteiger partial charge in [0, 0.05) is 36.3 Å². The topological polar surface area (TPSA) is 96.6 Å². The van der Waals surface area contributed by atoms with Gasteiger partial charge in [-0.15, -0.1) is 0 Å². The molecule has 2 amide bonds. The number of carbonyl (C=O) groups excluding carboxylic acids is 2. The molecule has 0 aliphatic carbocycles. The summed E-state index contributed by atoms with van der Waals surface area (Å²) >= 11 is 0. The molecule has 8 nitrogen and oxygen atoms in total. The number of anilines is 1. The first-order valence-electron chi connectivity index (χ1n) is 9.60. The number of benzene rings is 2. The van der Waals surface area contributed by atoms with Crippen LogP contribution < -0.4 is 14.8 Å². The molecule has 3 aromatic rings. The van der Waals surface area contributed by atoms with Gasteiger partial charge in [0.2, 0.25) is 12.7 Å². The zero-order valence-electron chi connectivity index (χ0n) is 15.7. The van der Waals surface area contributed by atoms with Crippen molar-refractivity contribution >= 4 is 28.5 Å². The summed E-state index contributed by atoms with van der Waals surface area (Å²) < 4.78 is 10.6. The first kappa shape index (κ1) is 17.5. The van der Waals surface area contributed by atoms with Crippen LogP contribution in [0.3, 0.4) is 0 Å². The van der Waals surface area contributed by atoms with Gasteiger partial charge in [0.15, 0.2) is 11.5 Å². The van der Waals surface area contributed by atoms with E-state index >= 15 is 0 Å². The number of H-pyrrole nitrogens is 1. The molecule has 0 bridgehead atoms. The number of piperidine rings is 1. The van der Waals surface area contributed by atoms with E-state index in [1.807, 2.05) is 17.0 Å². The Morgan fingerprint density at radius 1 is 1.07 bits per heavy atom. The van der Waals surface area contributed by atoms with E-state index in [-0.39, 0.29) is 24.5 Å². The molecule has 5 rings (SSSR count). The fourth-order valence-electron chi connectivity index (χ4n) is 3.81. The van der Waals surface area contributed by atoms with Crippen molar-refractivity contribution in [3.05, 3.63) is 48.3 Å². The molecule has 1 fully saturated rings. The van der Waals surface area contributed by atoms with Gasteiger partial charge in [-0.1, -0.05) is 0 Å². The van der Waals surface area contributed by atoms with Crippen molar-refractivity contribution in [3.63, 3.8) is 0 Å². The van der Waals surface area contributed by atoms with Crippen LogP contribution in [0.25, 0.3) is 11.0 Å². The monoisotopic (exact) mass is 392 g/mol. The third kappa shape index (κ3) is 3.37. The molecule has 0 unspecified atom stereocenters. The highest BCUT2D eigenvalue weighted by atomic mass is 16.7. The summed E-state index contributed by atoms with van der Waals surface area (Å²) in [7, 11) is 0. The second kappa shape index (κ2) is 7.12. The lowest BCUT2D eigenvalue weighted by molar-refractivity contribution is -0.121. The number of carbonyl (C=O) groups is 2. The summed E-state index contributed by atoms with van der Waals surface area (Å²) in [5, 5.41) is 2.95. The van der Waals surface area contributed by atoms with Crippen LogP contribution in [0.5, 0.6) is 11.5 Å². The third-order valence-corrected chi connectivity index (χ3v) is 5.46. The molecule has 1 saturated heterocycles. The summed E-state index contributed by atoms with van der Waals surface area (Å²) in [6, 6.07) is 10.8. The summed E-state index contributed by atoms with van der Waals surface area (Å²) in [6.07, 6.45) is 2.88. The second-order valence-electron chi connectivity index (χ2n) is 7.26.